The van der Waals surface area contributed by atoms with Crippen molar-refractivity contribution in [2.75, 3.05) is 13.2 Å². The molecular formula is C22H16ClF6N4O5+. The molecule has 1 aromatic carbocycles. The van der Waals surface area contributed by atoms with Gasteiger partial charge in [-0.2, -0.15) is 14.0 Å². The van der Waals surface area contributed by atoms with E-state index < -0.39 is 53.6 Å². The van der Waals surface area contributed by atoms with E-state index in [0.717, 1.165) is 24.4 Å². The van der Waals surface area contributed by atoms with Crippen molar-refractivity contribution in [1.29, 1.82) is 5.26 Å². The second-order valence-electron chi connectivity index (χ2n) is 7.48. The van der Waals surface area contributed by atoms with Crippen LogP contribution >= 0.6 is 11.6 Å². The van der Waals surface area contributed by atoms with Crippen LogP contribution in [-0.4, -0.2) is 39.5 Å². The topological polar surface area (TPSA) is 121 Å². The average molecular weight is 566 g/mol. The Morgan fingerprint density at radius 2 is 1.92 bits per heavy atom. The molecule has 2 aromatic heterocycles. The number of aliphatic hydroxyl groups is 1. The first kappa shape index (κ1) is 28.5. The molecule has 0 bridgehead atoms. The third kappa shape index (κ3) is 6.09. The lowest BCUT2D eigenvalue weighted by molar-refractivity contribution is -0.909. The van der Waals surface area contributed by atoms with Gasteiger partial charge in [0.15, 0.2) is 5.69 Å². The van der Waals surface area contributed by atoms with Gasteiger partial charge in [0.1, 0.15) is 18.9 Å². The molecule has 0 saturated heterocycles. The fourth-order valence-corrected chi connectivity index (χ4v) is 3.33. The van der Waals surface area contributed by atoms with Crippen LogP contribution in [0.2, 0.25) is 5.02 Å². The highest BCUT2D eigenvalue weighted by atomic mass is 35.5. The average Bonchev–Trinajstić information content (AvgIpc) is 2.86. The van der Waals surface area contributed by atoms with Crippen molar-refractivity contribution in [3.63, 3.8) is 0 Å². The summed E-state index contributed by atoms with van der Waals surface area (Å²) >= 11 is 6.04. The molecule has 0 saturated carbocycles. The number of nitriles is 1. The minimum absolute atomic E-state index is 0.0550. The van der Waals surface area contributed by atoms with Gasteiger partial charge in [-0.15, -0.1) is 0 Å². The summed E-state index contributed by atoms with van der Waals surface area (Å²) in [6.45, 7) is -1.14. The van der Waals surface area contributed by atoms with E-state index in [9.17, 15) is 36.3 Å². The Hall–Kier alpha value is -4.03. The molecule has 0 spiro atoms. The molecule has 0 aliphatic carbocycles. The maximum absolute atomic E-state index is 14.3. The summed E-state index contributed by atoms with van der Waals surface area (Å²) in [7, 11) is 0. The Kier molecular flexibility index (Phi) is 8.69. The fraction of sp³-hybridized carbons (Fsp3) is 0.273. The number of halogens is 7. The van der Waals surface area contributed by atoms with E-state index in [1.165, 1.54) is 0 Å². The van der Waals surface area contributed by atoms with Crippen LogP contribution in [0.5, 0.6) is 17.2 Å². The highest BCUT2D eigenvalue weighted by Gasteiger charge is 2.48. The molecule has 3 aromatic rings. The van der Waals surface area contributed by atoms with Gasteiger partial charge in [0.2, 0.25) is 11.5 Å². The number of benzene rings is 1. The standard InChI is InChI=1S/C22H16ClF6N4O5/c23-15-6-13(33(36)9-16(15)37-2-1-34)8-32-10-31-18(22(28,29)21(26)27)17(20(32)35)38-14-4-11(7-30)3-12(5-14)19(24)25/h3-6,9-10,19,21,34,36H,1-2,8H2/q+1. The second-order valence-corrected chi connectivity index (χ2v) is 7.89. The first-order valence-corrected chi connectivity index (χ1v) is 10.7. The number of nitrogens with zero attached hydrogens (tertiary/aromatic N) is 4. The van der Waals surface area contributed by atoms with Gasteiger partial charge in [-0.25, -0.2) is 22.5 Å². The van der Waals surface area contributed by atoms with Crippen LogP contribution in [0.4, 0.5) is 26.3 Å². The summed E-state index contributed by atoms with van der Waals surface area (Å²) < 4.78 is 92.5. The molecule has 0 aliphatic heterocycles. The number of aromatic nitrogens is 3. The van der Waals surface area contributed by atoms with E-state index in [1.54, 1.807) is 6.07 Å². The van der Waals surface area contributed by atoms with Crippen molar-refractivity contribution in [3.05, 3.63) is 74.7 Å². The quantitative estimate of drug-likeness (QED) is 0.218. The number of ether oxygens (including phenoxy) is 2. The zero-order valence-electron chi connectivity index (χ0n) is 18.8. The molecule has 16 heteroatoms. The summed E-state index contributed by atoms with van der Waals surface area (Å²) in [6.07, 6.45) is -5.98. The van der Waals surface area contributed by atoms with Gasteiger partial charge in [0, 0.05) is 16.4 Å². The fourth-order valence-electron chi connectivity index (χ4n) is 3.10. The van der Waals surface area contributed by atoms with E-state index in [1.807, 2.05) is 0 Å². The maximum Gasteiger partial charge on any atom is 0.352 e. The first-order chi connectivity index (χ1) is 17.9. The largest absolute Gasteiger partial charge is 0.484 e. The van der Waals surface area contributed by atoms with Crippen LogP contribution in [0, 0.1) is 11.3 Å². The molecular weight excluding hydrogens is 550 g/mol. The highest BCUT2D eigenvalue weighted by Crippen LogP contribution is 2.39. The van der Waals surface area contributed by atoms with Crippen LogP contribution in [0.15, 0.2) is 41.6 Å². The van der Waals surface area contributed by atoms with Crippen molar-refractivity contribution in [2.45, 2.75) is 25.3 Å². The molecule has 38 heavy (non-hydrogen) atoms. The van der Waals surface area contributed by atoms with Crippen LogP contribution in [0.25, 0.3) is 0 Å². The SMILES string of the molecule is N#Cc1cc(Oc2c(C(F)(F)C(F)F)ncn(Cc3cc(Cl)c(OCCO)c[n+]3O)c2=O)cc(C(F)F)c1. The lowest BCUT2D eigenvalue weighted by Crippen LogP contribution is -2.38. The lowest BCUT2D eigenvalue weighted by atomic mass is 10.1. The van der Waals surface area contributed by atoms with Crippen molar-refractivity contribution in [2.24, 2.45) is 0 Å². The normalized spacial score (nSPS) is 11.6. The minimum Gasteiger partial charge on any atom is -0.484 e. The van der Waals surface area contributed by atoms with E-state index in [4.69, 9.17) is 31.4 Å². The number of alkyl halides is 6. The highest BCUT2D eigenvalue weighted by molar-refractivity contribution is 6.32. The zero-order chi connectivity index (χ0) is 28.2. The molecule has 0 unspecified atom stereocenters. The summed E-state index contributed by atoms with van der Waals surface area (Å²) in [6, 6.07) is 4.92. The number of aliphatic hydroxyl groups excluding tert-OH is 1. The Morgan fingerprint density at radius 3 is 2.53 bits per heavy atom. The van der Waals surface area contributed by atoms with Crippen molar-refractivity contribution in [3.8, 4) is 23.3 Å². The molecule has 3 rings (SSSR count). The van der Waals surface area contributed by atoms with Crippen molar-refractivity contribution >= 4 is 11.6 Å². The predicted octanol–water partition coefficient (Wildman–Crippen LogP) is 3.80. The lowest BCUT2D eigenvalue weighted by Gasteiger charge is -2.19. The first-order valence-electron chi connectivity index (χ1n) is 10.3. The molecule has 0 aliphatic rings. The molecule has 0 amide bonds. The molecule has 9 nitrogen and oxygen atoms in total. The predicted molar refractivity (Wildman–Crippen MR) is 115 cm³/mol. The Balaban J connectivity index is 2.12. The monoisotopic (exact) mass is 565 g/mol. The summed E-state index contributed by atoms with van der Waals surface area (Å²) in [4.78, 5) is 16.3. The van der Waals surface area contributed by atoms with Crippen LogP contribution in [-0.2, 0) is 12.5 Å². The van der Waals surface area contributed by atoms with Gasteiger partial charge in [0.05, 0.1) is 29.6 Å². The van der Waals surface area contributed by atoms with Crippen LogP contribution < -0.4 is 19.8 Å². The van der Waals surface area contributed by atoms with Gasteiger partial charge in [-0.05, 0) is 18.2 Å². The zero-order valence-corrected chi connectivity index (χ0v) is 19.5. The number of rotatable bonds is 10. The smallest absolute Gasteiger partial charge is 0.352 e. The molecule has 202 valence electrons. The van der Waals surface area contributed by atoms with Crippen LogP contribution in [0.1, 0.15) is 28.9 Å². The molecule has 0 radical (unpaired) electrons. The third-order valence-corrected chi connectivity index (χ3v) is 5.16. The third-order valence-electron chi connectivity index (χ3n) is 4.86. The van der Waals surface area contributed by atoms with Gasteiger partial charge in [-0.3, -0.25) is 14.6 Å². The van der Waals surface area contributed by atoms with Gasteiger partial charge in [-0.1, -0.05) is 11.6 Å². The Labute approximate surface area is 214 Å². The maximum atomic E-state index is 14.3. The second kappa shape index (κ2) is 11.6. The number of hydrogen-bond acceptors (Lipinski definition) is 7. The summed E-state index contributed by atoms with van der Waals surface area (Å²) in [5, 5.41) is 28.0. The van der Waals surface area contributed by atoms with E-state index >= 15 is 0 Å². The summed E-state index contributed by atoms with van der Waals surface area (Å²) in [5.74, 6) is -7.15. The van der Waals surface area contributed by atoms with Crippen LogP contribution in [0.3, 0.4) is 0 Å². The van der Waals surface area contributed by atoms with E-state index in [0.29, 0.717) is 21.7 Å². The van der Waals surface area contributed by atoms with Gasteiger partial charge >= 0.3 is 12.3 Å². The Morgan fingerprint density at radius 1 is 1.21 bits per heavy atom. The van der Waals surface area contributed by atoms with E-state index in [-0.39, 0.29) is 35.2 Å². The van der Waals surface area contributed by atoms with Crippen molar-refractivity contribution < 1.29 is 50.9 Å². The molecule has 0 fully saturated rings. The molecule has 0 atom stereocenters. The van der Waals surface area contributed by atoms with E-state index in [2.05, 4.69) is 4.98 Å². The summed E-state index contributed by atoms with van der Waals surface area (Å²) in [5.41, 5.74) is -4.51. The van der Waals surface area contributed by atoms with Crippen molar-refractivity contribution in [1.82, 2.24) is 9.55 Å². The minimum atomic E-state index is -4.99. The van der Waals surface area contributed by atoms with Gasteiger partial charge < -0.3 is 14.6 Å². The van der Waals surface area contributed by atoms with Gasteiger partial charge in [0.25, 0.3) is 23.9 Å². The molecule has 2 N–H and O–H groups in total. The number of hydrogen-bond donors (Lipinski definition) is 2. The molecule has 2 heterocycles. The number of pyridine rings is 1. The Bertz CT molecular complexity index is 1430.